The highest BCUT2D eigenvalue weighted by Crippen LogP contribution is 2.47. The largest absolute Gasteiger partial charge is 0.288 e. The molecule has 8 nitrogen and oxygen atoms in total. The van der Waals surface area contributed by atoms with Crippen molar-refractivity contribution in [2.45, 2.75) is 18.7 Å². The van der Waals surface area contributed by atoms with Gasteiger partial charge in [-0.3, -0.25) is 29.4 Å². The summed E-state index contributed by atoms with van der Waals surface area (Å²) in [6, 6.07) is 21.9. The van der Waals surface area contributed by atoms with Crippen LogP contribution in [0.5, 0.6) is 0 Å². The van der Waals surface area contributed by atoms with Gasteiger partial charge in [0.1, 0.15) is 10.9 Å². The van der Waals surface area contributed by atoms with Crippen LogP contribution in [-0.2, 0) is 21.0 Å². The maximum absolute atomic E-state index is 13.5. The second kappa shape index (κ2) is 8.31. The molecule has 2 fully saturated rings. The number of nitro benzene ring substituents is 1. The first-order valence-corrected chi connectivity index (χ1v) is 10.7. The molecule has 2 aliphatic heterocycles. The molecule has 0 saturated carbocycles. The molecule has 0 aromatic heterocycles. The normalized spacial score (nSPS) is 22.0. The van der Waals surface area contributed by atoms with Gasteiger partial charge in [-0.15, -0.1) is 0 Å². The van der Waals surface area contributed by atoms with Gasteiger partial charge in [0.25, 0.3) is 11.6 Å². The van der Waals surface area contributed by atoms with Gasteiger partial charge < -0.3 is 0 Å². The third kappa shape index (κ3) is 3.63. The van der Waals surface area contributed by atoms with E-state index in [-0.39, 0.29) is 23.2 Å². The molecule has 3 aromatic rings. The summed E-state index contributed by atoms with van der Waals surface area (Å²) in [4.78, 5) is 44.8. The first-order valence-electron chi connectivity index (χ1n) is 10.3. The number of nitrogens with zero attached hydrogens (tertiary/aromatic N) is 3. The van der Waals surface area contributed by atoms with E-state index in [1.54, 1.807) is 30.3 Å². The van der Waals surface area contributed by atoms with E-state index in [0.29, 0.717) is 11.3 Å². The van der Waals surface area contributed by atoms with Crippen molar-refractivity contribution in [1.29, 1.82) is 0 Å². The summed E-state index contributed by atoms with van der Waals surface area (Å²) in [7, 11) is 0. The van der Waals surface area contributed by atoms with Crippen LogP contribution in [0.25, 0.3) is 0 Å². The van der Waals surface area contributed by atoms with E-state index >= 15 is 0 Å². The number of fused-ring (bicyclic) bond motifs is 1. The summed E-state index contributed by atoms with van der Waals surface area (Å²) in [5.74, 6) is -1.67. The molecule has 5 rings (SSSR count). The van der Waals surface area contributed by atoms with Gasteiger partial charge in [0, 0.05) is 6.07 Å². The lowest BCUT2D eigenvalue weighted by molar-refractivity contribution is -0.384. The van der Waals surface area contributed by atoms with E-state index in [1.807, 2.05) is 36.4 Å². The smallest absolute Gasteiger partial charge is 0.275 e. The van der Waals surface area contributed by atoms with Crippen molar-refractivity contribution in [1.82, 2.24) is 4.90 Å². The molecule has 2 heterocycles. The van der Waals surface area contributed by atoms with Crippen molar-refractivity contribution in [3.8, 4) is 0 Å². The lowest BCUT2D eigenvalue weighted by Gasteiger charge is -2.28. The van der Waals surface area contributed by atoms with Gasteiger partial charge in [-0.05, 0) is 29.3 Å². The van der Waals surface area contributed by atoms with E-state index in [2.05, 4.69) is 0 Å². The van der Waals surface area contributed by atoms with Gasteiger partial charge in [0.15, 0.2) is 6.10 Å². The fourth-order valence-corrected chi connectivity index (χ4v) is 4.57. The highest BCUT2D eigenvalue weighted by molar-refractivity contribution is 6.32. The predicted molar refractivity (Wildman–Crippen MR) is 120 cm³/mol. The number of likely N-dealkylation sites (tertiary alicyclic amines) is 1. The topological polar surface area (TPSA) is 93.0 Å². The number of carbonyl (C=O) groups is 2. The molecular weight excluding hydrogens is 446 g/mol. The molecule has 0 spiro atoms. The molecule has 0 aliphatic carbocycles. The molecule has 3 aromatic carbocycles. The van der Waals surface area contributed by atoms with Crippen LogP contribution in [-0.4, -0.2) is 27.7 Å². The molecule has 0 bridgehead atoms. The lowest BCUT2D eigenvalue weighted by Crippen LogP contribution is -2.36. The lowest BCUT2D eigenvalue weighted by atomic mass is 9.90. The summed E-state index contributed by atoms with van der Waals surface area (Å²) < 4.78 is 0. The van der Waals surface area contributed by atoms with Crippen molar-refractivity contribution in [2.24, 2.45) is 5.92 Å². The Kier molecular flexibility index (Phi) is 5.32. The number of hydrogen-bond donors (Lipinski definition) is 0. The first kappa shape index (κ1) is 21.1. The van der Waals surface area contributed by atoms with Gasteiger partial charge in [-0.2, -0.15) is 0 Å². The van der Waals surface area contributed by atoms with Crippen molar-refractivity contribution in [3.05, 3.63) is 105 Å². The molecule has 2 saturated heterocycles. The van der Waals surface area contributed by atoms with Crippen LogP contribution in [0.4, 0.5) is 11.4 Å². The Labute approximate surface area is 194 Å². The van der Waals surface area contributed by atoms with Gasteiger partial charge in [-0.1, -0.05) is 66.2 Å². The van der Waals surface area contributed by atoms with E-state index < -0.39 is 28.9 Å². The van der Waals surface area contributed by atoms with Crippen LogP contribution >= 0.6 is 11.6 Å². The fourth-order valence-electron chi connectivity index (χ4n) is 4.38. The quantitative estimate of drug-likeness (QED) is 0.318. The maximum atomic E-state index is 13.5. The zero-order valence-electron chi connectivity index (χ0n) is 17.2. The number of benzene rings is 3. The summed E-state index contributed by atoms with van der Waals surface area (Å²) in [6.45, 7) is 0.133. The van der Waals surface area contributed by atoms with Crippen LogP contribution in [0.1, 0.15) is 17.2 Å². The number of hydroxylamine groups is 1. The highest BCUT2D eigenvalue weighted by atomic mass is 35.5. The van der Waals surface area contributed by atoms with E-state index in [4.69, 9.17) is 16.4 Å². The second-order valence-electron chi connectivity index (χ2n) is 7.87. The van der Waals surface area contributed by atoms with E-state index in [1.165, 1.54) is 22.1 Å². The second-order valence-corrected chi connectivity index (χ2v) is 8.28. The molecule has 3 atom stereocenters. The minimum Gasteiger partial charge on any atom is -0.275 e. The Bertz CT molecular complexity index is 1240. The molecule has 3 unspecified atom stereocenters. The third-order valence-electron chi connectivity index (χ3n) is 5.91. The summed E-state index contributed by atoms with van der Waals surface area (Å²) in [6.07, 6.45) is -1.03. The van der Waals surface area contributed by atoms with Crippen molar-refractivity contribution < 1.29 is 19.3 Å². The zero-order valence-corrected chi connectivity index (χ0v) is 18.0. The number of carbonyl (C=O) groups excluding carboxylic acids is 2. The standard InChI is InChI=1S/C24H18ClN3O5/c25-18-12-11-16(13-19(18)28(31)32)21-20-22(33-27(21)17-9-5-2-6-10-17)24(30)26(23(20)29)14-15-7-3-1-4-8-15/h1-13,20-22H,14H2. The van der Waals surface area contributed by atoms with Crippen molar-refractivity contribution in [3.63, 3.8) is 0 Å². The Balaban J connectivity index is 1.56. The minimum atomic E-state index is -1.03. The van der Waals surface area contributed by atoms with Crippen LogP contribution in [0.3, 0.4) is 0 Å². The first-order chi connectivity index (χ1) is 16.0. The average Bonchev–Trinajstić information content (AvgIpc) is 3.33. The highest BCUT2D eigenvalue weighted by Gasteiger charge is 2.59. The van der Waals surface area contributed by atoms with E-state index in [0.717, 1.165) is 5.56 Å². The van der Waals surface area contributed by atoms with Gasteiger partial charge in [0.05, 0.1) is 23.2 Å². The van der Waals surface area contributed by atoms with Crippen LogP contribution in [0.15, 0.2) is 78.9 Å². The van der Waals surface area contributed by atoms with Gasteiger partial charge >= 0.3 is 0 Å². The Hall–Kier alpha value is -3.75. The van der Waals surface area contributed by atoms with Gasteiger partial charge in [-0.25, -0.2) is 5.06 Å². The zero-order chi connectivity index (χ0) is 23.1. The number of nitro groups is 1. The van der Waals surface area contributed by atoms with Crippen LogP contribution in [0, 0.1) is 16.0 Å². The van der Waals surface area contributed by atoms with Crippen molar-refractivity contribution >= 4 is 34.8 Å². The fraction of sp³-hybridized carbons (Fsp3) is 0.167. The molecule has 0 radical (unpaired) electrons. The average molecular weight is 464 g/mol. The number of amides is 2. The monoisotopic (exact) mass is 463 g/mol. The molecular formula is C24H18ClN3O5. The number of hydrogen-bond acceptors (Lipinski definition) is 6. The molecule has 33 heavy (non-hydrogen) atoms. The number of anilines is 1. The maximum Gasteiger partial charge on any atom is 0.288 e. The predicted octanol–water partition coefficient (Wildman–Crippen LogP) is 4.29. The SMILES string of the molecule is O=C1C2ON(c3ccccc3)C(c3ccc(Cl)c([N+](=O)[O-])c3)C2C(=O)N1Cc1ccccc1. The Morgan fingerprint density at radius 2 is 1.61 bits per heavy atom. The molecule has 0 N–H and O–H groups in total. The molecule has 2 amide bonds. The number of imide groups is 1. The summed E-state index contributed by atoms with van der Waals surface area (Å²) >= 11 is 6.01. The minimum absolute atomic E-state index is 0.00925. The number of para-hydroxylation sites is 1. The van der Waals surface area contributed by atoms with Crippen LogP contribution in [0.2, 0.25) is 5.02 Å². The van der Waals surface area contributed by atoms with Crippen molar-refractivity contribution in [2.75, 3.05) is 5.06 Å². The molecule has 9 heteroatoms. The Morgan fingerprint density at radius 3 is 2.27 bits per heavy atom. The molecule has 2 aliphatic rings. The van der Waals surface area contributed by atoms with E-state index in [9.17, 15) is 19.7 Å². The summed E-state index contributed by atoms with van der Waals surface area (Å²) in [5, 5.41) is 13.0. The number of halogens is 1. The number of rotatable bonds is 5. The van der Waals surface area contributed by atoms with Gasteiger partial charge in [0.2, 0.25) is 5.91 Å². The summed E-state index contributed by atoms with van der Waals surface area (Å²) in [5.41, 5.74) is 1.64. The third-order valence-corrected chi connectivity index (χ3v) is 6.23. The van der Waals surface area contributed by atoms with Crippen LogP contribution < -0.4 is 5.06 Å². The molecule has 166 valence electrons. The Morgan fingerprint density at radius 1 is 0.939 bits per heavy atom.